The predicted octanol–water partition coefficient (Wildman–Crippen LogP) is 6.14. The number of amides is 1. The van der Waals surface area contributed by atoms with Crippen LogP contribution >= 0.6 is 0 Å². The summed E-state index contributed by atoms with van der Waals surface area (Å²) in [6.45, 7) is 2.01. The van der Waals surface area contributed by atoms with Crippen molar-refractivity contribution in [2.75, 3.05) is 55.5 Å². The fourth-order valence-electron chi connectivity index (χ4n) is 6.44. The molecule has 0 bridgehead atoms. The van der Waals surface area contributed by atoms with Crippen LogP contribution in [0.2, 0.25) is 0 Å². The van der Waals surface area contributed by atoms with Crippen molar-refractivity contribution < 1.29 is 22.7 Å². The molecule has 3 aromatic rings. The molecule has 0 unspecified atom stereocenters. The molecule has 3 heterocycles. The minimum atomic E-state index is -0.755. The molecule has 11 heteroatoms. The number of anilines is 4. The van der Waals surface area contributed by atoms with E-state index in [0.29, 0.717) is 24.0 Å². The molecule has 1 saturated carbocycles. The number of aromatic nitrogens is 2. The minimum absolute atomic E-state index is 0.0199. The SMILES string of the molecule is CN(C)C1CCN(c2ccc(Nc3ncc(F)c(-c4cc(F)c5c(c4)N(C(=O)C4CCCCC4)CCO5)n3)cc2F)CC1. The highest BCUT2D eigenvalue weighted by atomic mass is 19.1. The average Bonchev–Trinajstić information content (AvgIpc) is 3.02. The van der Waals surface area contributed by atoms with Gasteiger partial charge in [-0.15, -0.1) is 0 Å². The maximum Gasteiger partial charge on any atom is 0.230 e. The van der Waals surface area contributed by atoms with E-state index in [4.69, 9.17) is 4.74 Å². The lowest BCUT2D eigenvalue weighted by atomic mass is 9.88. The van der Waals surface area contributed by atoms with Crippen LogP contribution in [0.5, 0.6) is 5.75 Å². The van der Waals surface area contributed by atoms with Crippen LogP contribution in [0.3, 0.4) is 0 Å². The largest absolute Gasteiger partial charge is 0.486 e. The van der Waals surface area contributed by atoms with Gasteiger partial charge in [-0.1, -0.05) is 19.3 Å². The van der Waals surface area contributed by atoms with Crippen molar-refractivity contribution in [3.05, 3.63) is 54.0 Å². The van der Waals surface area contributed by atoms with E-state index in [1.807, 2.05) is 4.90 Å². The van der Waals surface area contributed by atoms with Crippen molar-refractivity contribution in [2.24, 2.45) is 5.92 Å². The van der Waals surface area contributed by atoms with Crippen LogP contribution in [0.1, 0.15) is 44.9 Å². The molecule has 228 valence electrons. The Labute approximate surface area is 249 Å². The van der Waals surface area contributed by atoms with Crippen LogP contribution in [0.15, 0.2) is 36.5 Å². The van der Waals surface area contributed by atoms with Gasteiger partial charge in [0.25, 0.3) is 0 Å². The second-order valence-electron chi connectivity index (χ2n) is 11.8. The van der Waals surface area contributed by atoms with Gasteiger partial charge in [-0.05, 0) is 70.1 Å². The molecule has 8 nitrogen and oxygen atoms in total. The number of piperidine rings is 1. The number of hydrogen-bond acceptors (Lipinski definition) is 7. The lowest BCUT2D eigenvalue weighted by Gasteiger charge is -2.36. The number of nitrogens with one attached hydrogen (secondary N) is 1. The molecule has 1 saturated heterocycles. The molecule has 2 aliphatic heterocycles. The highest BCUT2D eigenvalue weighted by Crippen LogP contribution is 2.40. The van der Waals surface area contributed by atoms with Gasteiger partial charge in [-0.25, -0.2) is 23.1 Å². The lowest BCUT2D eigenvalue weighted by molar-refractivity contribution is -0.123. The van der Waals surface area contributed by atoms with Gasteiger partial charge in [0, 0.05) is 36.3 Å². The van der Waals surface area contributed by atoms with E-state index in [1.165, 1.54) is 6.07 Å². The molecule has 1 aromatic heterocycles. The van der Waals surface area contributed by atoms with Gasteiger partial charge in [0.15, 0.2) is 17.4 Å². The maximum absolute atomic E-state index is 15.3. The normalized spacial score (nSPS) is 18.0. The molecule has 1 aliphatic carbocycles. The van der Waals surface area contributed by atoms with Gasteiger partial charge in [-0.2, -0.15) is 0 Å². The van der Waals surface area contributed by atoms with Crippen molar-refractivity contribution in [3.8, 4) is 17.0 Å². The predicted molar refractivity (Wildman–Crippen MR) is 160 cm³/mol. The number of carbonyl (C=O) groups is 1. The Kier molecular flexibility index (Phi) is 8.43. The summed E-state index contributed by atoms with van der Waals surface area (Å²) in [5, 5.41) is 2.94. The van der Waals surface area contributed by atoms with E-state index in [-0.39, 0.29) is 52.9 Å². The molecule has 3 aliphatic rings. The number of carbonyl (C=O) groups excluding carboxylic acids is 1. The van der Waals surface area contributed by atoms with Crippen LogP contribution in [-0.4, -0.2) is 67.2 Å². The lowest BCUT2D eigenvalue weighted by Crippen LogP contribution is -2.42. The van der Waals surface area contributed by atoms with Crippen molar-refractivity contribution in [1.29, 1.82) is 0 Å². The highest BCUT2D eigenvalue weighted by molar-refractivity contribution is 5.97. The summed E-state index contributed by atoms with van der Waals surface area (Å²) in [7, 11) is 4.13. The van der Waals surface area contributed by atoms with Crippen LogP contribution < -0.4 is 19.9 Å². The van der Waals surface area contributed by atoms with Gasteiger partial charge < -0.3 is 24.8 Å². The Bertz CT molecular complexity index is 1490. The maximum atomic E-state index is 15.3. The monoisotopic (exact) mass is 594 g/mol. The first kappa shape index (κ1) is 29.2. The molecule has 1 N–H and O–H groups in total. The van der Waals surface area contributed by atoms with Crippen molar-refractivity contribution >= 4 is 28.9 Å². The van der Waals surface area contributed by atoms with Crippen LogP contribution in [0, 0.1) is 23.4 Å². The number of nitrogens with zero attached hydrogens (tertiary/aromatic N) is 5. The van der Waals surface area contributed by atoms with E-state index in [0.717, 1.165) is 70.3 Å². The third-order valence-electron chi connectivity index (χ3n) is 8.85. The molecule has 2 fully saturated rings. The van der Waals surface area contributed by atoms with Crippen LogP contribution in [0.25, 0.3) is 11.3 Å². The summed E-state index contributed by atoms with van der Waals surface area (Å²) in [5.74, 6) is -2.00. The van der Waals surface area contributed by atoms with E-state index >= 15 is 13.2 Å². The Hall–Kier alpha value is -3.86. The van der Waals surface area contributed by atoms with Crippen LogP contribution in [0.4, 0.5) is 36.2 Å². The summed E-state index contributed by atoms with van der Waals surface area (Å²) < 4.78 is 51.1. The number of fused-ring (bicyclic) bond motifs is 1. The molecule has 0 radical (unpaired) electrons. The smallest absolute Gasteiger partial charge is 0.230 e. The number of hydrogen-bond donors (Lipinski definition) is 1. The van der Waals surface area contributed by atoms with Crippen LogP contribution in [-0.2, 0) is 4.79 Å². The summed E-state index contributed by atoms with van der Waals surface area (Å²) in [4.78, 5) is 27.5. The van der Waals surface area contributed by atoms with E-state index in [2.05, 4.69) is 34.3 Å². The van der Waals surface area contributed by atoms with Gasteiger partial charge in [0.05, 0.1) is 24.1 Å². The summed E-state index contributed by atoms with van der Waals surface area (Å²) in [6, 6.07) is 7.99. The van der Waals surface area contributed by atoms with E-state index in [1.54, 1.807) is 23.1 Å². The molecule has 0 atom stereocenters. The molecule has 6 rings (SSSR count). The zero-order valence-corrected chi connectivity index (χ0v) is 24.6. The zero-order chi connectivity index (χ0) is 30.1. The van der Waals surface area contributed by atoms with E-state index in [9.17, 15) is 4.79 Å². The second-order valence-corrected chi connectivity index (χ2v) is 11.8. The number of benzene rings is 2. The summed E-state index contributed by atoms with van der Waals surface area (Å²) in [5.41, 5.74) is 1.21. The molecule has 2 aromatic carbocycles. The fourth-order valence-corrected chi connectivity index (χ4v) is 6.44. The fraction of sp³-hybridized carbons (Fsp3) is 0.469. The van der Waals surface area contributed by atoms with Gasteiger partial charge in [0.2, 0.25) is 11.9 Å². The first-order chi connectivity index (χ1) is 20.8. The molecular formula is C32H37F3N6O2. The summed E-state index contributed by atoms with van der Waals surface area (Å²) in [6.07, 6.45) is 7.61. The average molecular weight is 595 g/mol. The molecule has 1 amide bonds. The molecular weight excluding hydrogens is 557 g/mol. The quantitative estimate of drug-likeness (QED) is 0.368. The van der Waals surface area contributed by atoms with Gasteiger partial charge in [-0.3, -0.25) is 4.79 Å². The zero-order valence-electron chi connectivity index (χ0n) is 24.6. The third-order valence-corrected chi connectivity index (χ3v) is 8.85. The van der Waals surface area contributed by atoms with Crippen molar-refractivity contribution in [1.82, 2.24) is 14.9 Å². The Balaban J connectivity index is 1.23. The second kappa shape index (κ2) is 12.4. The number of halogens is 3. The standard InChI is InChI=1S/C32H37F3N6O2/c1-39(2)23-10-12-40(13-11-23)27-9-8-22(18-24(27)33)37-32-36-19-26(35)29(38-32)21-16-25(34)30-28(17-21)41(14-15-43-30)31(42)20-6-4-3-5-7-20/h8-9,16-20,23H,3-7,10-15H2,1-2H3,(H,36,37,38). The van der Waals surface area contributed by atoms with Crippen molar-refractivity contribution in [2.45, 2.75) is 51.0 Å². The van der Waals surface area contributed by atoms with Gasteiger partial charge >= 0.3 is 0 Å². The first-order valence-electron chi connectivity index (χ1n) is 15.1. The Morgan fingerprint density at radius 2 is 1.70 bits per heavy atom. The van der Waals surface area contributed by atoms with E-state index < -0.39 is 11.6 Å². The molecule has 0 spiro atoms. The first-order valence-corrected chi connectivity index (χ1v) is 15.1. The van der Waals surface area contributed by atoms with Crippen molar-refractivity contribution in [3.63, 3.8) is 0 Å². The third kappa shape index (κ3) is 6.13. The number of ether oxygens (including phenoxy) is 1. The summed E-state index contributed by atoms with van der Waals surface area (Å²) >= 11 is 0. The van der Waals surface area contributed by atoms with Gasteiger partial charge in [0.1, 0.15) is 18.1 Å². The topological polar surface area (TPSA) is 73.8 Å². The number of rotatable bonds is 6. The Morgan fingerprint density at radius 3 is 2.42 bits per heavy atom. The Morgan fingerprint density at radius 1 is 0.930 bits per heavy atom. The highest BCUT2D eigenvalue weighted by Gasteiger charge is 2.32. The molecule has 43 heavy (non-hydrogen) atoms. The minimum Gasteiger partial charge on any atom is -0.486 e.